The van der Waals surface area contributed by atoms with Crippen LogP contribution in [0.5, 0.6) is 5.75 Å². The molecule has 0 radical (unpaired) electrons. The first kappa shape index (κ1) is 19.9. The van der Waals surface area contributed by atoms with E-state index in [1.807, 2.05) is 0 Å². The Balaban J connectivity index is 2.17. The number of carbonyl (C=O) groups excluding carboxylic acids is 2. The number of likely N-dealkylation sites (N-methyl/N-ethyl adjacent to an activating group) is 1. The number of imide groups is 1. The summed E-state index contributed by atoms with van der Waals surface area (Å²) in [5.74, 6) is -1.33. The molecule has 1 aliphatic heterocycles. The summed E-state index contributed by atoms with van der Waals surface area (Å²) in [4.78, 5) is 29.0. The number of halogens is 2. The standard InChI is InChI=1S/C20H18ClFN2O4/c1-23(9-10-25)18-17(12-3-6-14(22)7-4-12)19(26)24(20(18)27)15-11-13(21)5-8-16(15)28-2/h3-8,11,25H,9-10H2,1-2H3. The maximum atomic E-state index is 13.4. The molecule has 2 amide bonds. The van der Waals surface area contributed by atoms with Crippen LogP contribution in [0.15, 0.2) is 48.2 Å². The van der Waals surface area contributed by atoms with Crippen molar-refractivity contribution in [2.24, 2.45) is 0 Å². The largest absolute Gasteiger partial charge is 0.495 e. The Morgan fingerprint density at radius 2 is 1.82 bits per heavy atom. The monoisotopic (exact) mass is 404 g/mol. The second-order valence-corrected chi connectivity index (χ2v) is 6.57. The van der Waals surface area contributed by atoms with E-state index in [9.17, 15) is 19.1 Å². The molecule has 0 bridgehead atoms. The zero-order valence-electron chi connectivity index (χ0n) is 15.3. The van der Waals surface area contributed by atoms with Crippen molar-refractivity contribution in [3.05, 3.63) is 64.6 Å². The smallest absolute Gasteiger partial charge is 0.282 e. The van der Waals surface area contributed by atoms with Crippen molar-refractivity contribution in [2.75, 3.05) is 32.2 Å². The molecular formula is C20H18ClFN2O4. The molecule has 0 atom stereocenters. The third-order valence-corrected chi connectivity index (χ3v) is 4.63. The van der Waals surface area contributed by atoms with Crippen LogP contribution in [-0.2, 0) is 9.59 Å². The van der Waals surface area contributed by atoms with Crippen molar-refractivity contribution in [2.45, 2.75) is 0 Å². The fraction of sp³-hybridized carbons (Fsp3) is 0.200. The van der Waals surface area contributed by atoms with Gasteiger partial charge in [-0.1, -0.05) is 23.7 Å². The number of methoxy groups -OCH3 is 1. The molecule has 1 aliphatic rings. The highest BCUT2D eigenvalue weighted by Crippen LogP contribution is 2.39. The van der Waals surface area contributed by atoms with Gasteiger partial charge in [0.15, 0.2) is 0 Å². The zero-order chi connectivity index (χ0) is 20.4. The molecule has 1 N–H and O–H groups in total. The van der Waals surface area contributed by atoms with Gasteiger partial charge in [0.1, 0.15) is 17.3 Å². The molecule has 28 heavy (non-hydrogen) atoms. The first-order valence-corrected chi connectivity index (χ1v) is 8.81. The second-order valence-electron chi connectivity index (χ2n) is 6.14. The molecule has 146 valence electrons. The lowest BCUT2D eigenvalue weighted by molar-refractivity contribution is -0.120. The van der Waals surface area contributed by atoms with E-state index >= 15 is 0 Å². The van der Waals surface area contributed by atoms with Crippen LogP contribution < -0.4 is 9.64 Å². The van der Waals surface area contributed by atoms with Crippen molar-refractivity contribution >= 4 is 34.7 Å². The van der Waals surface area contributed by atoms with Gasteiger partial charge in [0.2, 0.25) is 0 Å². The second kappa shape index (κ2) is 8.00. The van der Waals surface area contributed by atoms with Gasteiger partial charge in [0.05, 0.1) is 25.0 Å². The van der Waals surface area contributed by atoms with Gasteiger partial charge >= 0.3 is 0 Å². The number of carbonyl (C=O) groups is 2. The van der Waals surface area contributed by atoms with Gasteiger partial charge in [-0.05, 0) is 35.9 Å². The normalized spacial score (nSPS) is 14.1. The summed E-state index contributed by atoms with van der Waals surface area (Å²) in [6.45, 7) is -0.0712. The van der Waals surface area contributed by atoms with Gasteiger partial charge in [0, 0.05) is 18.6 Å². The van der Waals surface area contributed by atoms with Crippen molar-refractivity contribution in [3.8, 4) is 5.75 Å². The lowest BCUT2D eigenvalue weighted by Crippen LogP contribution is -2.35. The molecule has 0 fully saturated rings. The molecule has 8 heteroatoms. The van der Waals surface area contributed by atoms with E-state index in [4.69, 9.17) is 16.3 Å². The molecular weight excluding hydrogens is 387 g/mol. The molecule has 3 rings (SSSR count). The van der Waals surface area contributed by atoms with Crippen molar-refractivity contribution in [1.82, 2.24) is 4.90 Å². The average molecular weight is 405 g/mol. The van der Waals surface area contributed by atoms with Gasteiger partial charge in [-0.3, -0.25) is 9.59 Å². The molecule has 2 aromatic rings. The number of hydrogen-bond acceptors (Lipinski definition) is 5. The zero-order valence-corrected chi connectivity index (χ0v) is 16.0. The number of benzene rings is 2. The summed E-state index contributed by atoms with van der Waals surface area (Å²) in [6.07, 6.45) is 0. The Hall–Kier alpha value is -2.90. The summed E-state index contributed by atoms with van der Waals surface area (Å²) in [6, 6.07) is 9.90. The van der Waals surface area contributed by atoms with E-state index < -0.39 is 17.6 Å². The number of aliphatic hydroxyl groups excluding tert-OH is 1. The van der Waals surface area contributed by atoms with Gasteiger partial charge in [-0.15, -0.1) is 0 Å². The van der Waals surface area contributed by atoms with Crippen LogP contribution in [0.1, 0.15) is 5.56 Å². The number of nitrogens with zero attached hydrogens (tertiary/aromatic N) is 2. The van der Waals surface area contributed by atoms with Gasteiger partial charge in [-0.2, -0.15) is 0 Å². The van der Waals surface area contributed by atoms with Crippen LogP contribution in [0.25, 0.3) is 5.57 Å². The van der Waals surface area contributed by atoms with Crippen molar-refractivity contribution in [3.63, 3.8) is 0 Å². The molecule has 0 aliphatic carbocycles. The summed E-state index contributed by atoms with van der Waals surface area (Å²) in [5, 5.41) is 9.61. The van der Waals surface area contributed by atoms with Gasteiger partial charge in [0.25, 0.3) is 11.8 Å². The van der Waals surface area contributed by atoms with Crippen molar-refractivity contribution in [1.29, 1.82) is 0 Å². The Bertz CT molecular complexity index is 959. The number of rotatable bonds is 6. The first-order valence-electron chi connectivity index (χ1n) is 8.43. The predicted molar refractivity (Wildman–Crippen MR) is 104 cm³/mol. The molecule has 1 heterocycles. The van der Waals surface area contributed by atoms with E-state index in [2.05, 4.69) is 0 Å². The fourth-order valence-electron chi connectivity index (χ4n) is 3.07. The minimum Gasteiger partial charge on any atom is -0.495 e. The van der Waals surface area contributed by atoms with Crippen LogP contribution in [0.4, 0.5) is 10.1 Å². The Morgan fingerprint density at radius 3 is 2.43 bits per heavy atom. The van der Waals surface area contributed by atoms with Crippen LogP contribution in [0.3, 0.4) is 0 Å². The van der Waals surface area contributed by atoms with Crippen molar-refractivity contribution < 1.29 is 23.8 Å². The molecule has 0 unspecified atom stereocenters. The van der Waals surface area contributed by atoms with Crippen LogP contribution in [0, 0.1) is 5.82 Å². The fourth-order valence-corrected chi connectivity index (χ4v) is 3.23. The summed E-state index contributed by atoms with van der Waals surface area (Å²) >= 11 is 6.06. The van der Waals surface area contributed by atoms with Gasteiger partial charge < -0.3 is 14.7 Å². The molecule has 6 nitrogen and oxygen atoms in total. The number of aliphatic hydroxyl groups is 1. The average Bonchev–Trinajstić information content (AvgIpc) is 2.93. The highest BCUT2D eigenvalue weighted by Gasteiger charge is 2.42. The van der Waals surface area contributed by atoms with Crippen LogP contribution in [-0.4, -0.2) is 49.1 Å². The maximum Gasteiger partial charge on any atom is 0.282 e. The summed E-state index contributed by atoms with van der Waals surface area (Å²) in [7, 11) is 3.02. The SMILES string of the molecule is COc1ccc(Cl)cc1N1C(=O)C(c2ccc(F)cc2)=C(N(C)CCO)C1=O. The van der Waals surface area contributed by atoms with E-state index in [1.165, 1.54) is 42.3 Å². The highest BCUT2D eigenvalue weighted by molar-refractivity contribution is 6.46. The third kappa shape index (κ3) is 3.46. The van der Waals surface area contributed by atoms with E-state index in [0.29, 0.717) is 16.3 Å². The van der Waals surface area contributed by atoms with E-state index in [0.717, 1.165) is 4.90 Å². The Morgan fingerprint density at radius 1 is 1.14 bits per heavy atom. The topological polar surface area (TPSA) is 70.1 Å². The lowest BCUT2D eigenvalue weighted by atomic mass is 10.0. The molecule has 0 aromatic heterocycles. The quantitative estimate of drug-likeness (QED) is 0.750. The summed E-state index contributed by atoms with van der Waals surface area (Å²) < 4.78 is 18.6. The number of ether oxygens (including phenoxy) is 1. The Kier molecular flexibility index (Phi) is 5.67. The predicted octanol–water partition coefficient (Wildman–Crippen LogP) is 2.70. The minimum absolute atomic E-state index is 0.104. The molecule has 0 saturated carbocycles. The maximum absolute atomic E-state index is 13.4. The van der Waals surface area contributed by atoms with Gasteiger partial charge in [-0.25, -0.2) is 9.29 Å². The molecule has 0 saturated heterocycles. The highest BCUT2D eigenvalue weighted by atomic mass is 35.5. The molecule has 0 spiro atoms. The lowest BCUT2D eigenvalue weighted by Gasteiger charge is -2.21. The Labute approximate surface area is 166 Å². The van der Waals surface area contributed by atoms with Crippen LogP contribution in [0.2, 0.25) is 5.02 Å². The minimum atomic E-state index is -0.586. The molecule has 2 aromatic carbocycles. The summed E-state index contributed by atoms with van der Waals surface area (Å²) in [5.41, 5.74) is 0.815. The third-order valence-electron chi connectivity index (χ3n) is 4.39. The van der Waals surface area contributed by atoms with E-state index in [1.54, 1.807) is 19.2 Å². The number of anilines is 1. The van der Waals surface area contributed by atoms with E-state index in [-0.39, 0.29) is 30.1 Å². The number of amides is 2. The van der Waals surface area contributed by atoms with Crippen LogP contribution >= 0.6 is 11.6 Å². The number of hydrogen-bond donors (Lipinski definition) is 1. The first-order chi connectivity index (χ1) is 13.4.